The lowest BCUT2D eigenvalue weighted by molar-refractivity contribution is 0.198. The Labute approximate surface area is 172 Å². The van der Waals surface area contributed by atoms with Crippen LogP contribution in [0.25, 0.3) is 39.5 Å². The van der Waals surface area contributed by atoms with Gasteiger partial charge in [0.25, 0.3) is 0 Å². The zero-order chi connectivity index (χ0) is 21.1. The molecule has 8 nitrogen and oxygen atoms in total. The maximum atomic E-state index is 12.2. The average molecular weight is 402 g/mol. The van der Waals surface area contributed by atoms with Crippen LogP contribution in [0.15, 0.2) is 61.1 Å². The molecule has 0 spiro atoms. The predicted molar refractivity (Wildman–Crippen MR) is 112 cm³/mol. The first kappa shape index (κ1) is 19.1. The van der Waals surface area contributed by atoms with Crippen molar-refractivity contribution in [1.82, 2.24) is 19.7 Å². The van der Waals surface area contributed by atoms with Crippen LogP contribution in [0.2, 0.25) is 0 Å². The molecule has 1 N–H and O–H groups in total. The second-order valence-electron chi connectivity index (χ2n) is 6.39. The zero-order valence-corrected chi connectivity index (χ0v) is 16.3. The average Bonchev–Trinajstić information content (AvgIpc) is 3.16. The van der Waals surface area contributed by atoms with Crippen LogP contribution in [-0.2, 0) is 4.74 Å². The standard InChI is InChI=1S/C22H18N4O4/c1-29-10-7-14-3-4-16-12-20(26(22(27)28)19(16)11-14)17-13-18(24-25-21(17)30-2)15-5-8-23-9-6-15/h3-13H,1-2H3,(H,27,28)/b10-7+. The highest BCUT2D eigenvalue weighted by atomic mass is 16.5. The monoisotopic (exact) mass is 402 g/mol. The summed E-state index contributed by atoms with van der Waals surface area (Å²) >= 11 is 0. The Morgan fingerprint density at radius 3 is 2.57 bits per heavy atom. The highest BCUT2D eigenvalue weighted by Gasteiger charge is 2.21. The third kappa shape index (κ3) is 3.46. The minimum absolute atomic E-state index is 0.234. The largest absolute Gasteiger partial charge is 0.504 e. The summed E-state index contributed by atoms with van der Waals surface area (Å²) in [5.74, 6) is 0.234. The second-order valence-corrected chi connectivity index (χ2v) is 6.39. The topological polar surface area (TPSA) is 99.4 Å². The van der Waals surface area contributed by atoms with Crippen molar-refractivity contribution in [2.45, 2.75) is 0 Å². The van der Waals surface area contributed by atoms with Gasteiger partial charge >= 0.3 is 6.09 Å². The number of hydrogen-bond acceptors (Lipinski definition) is 6. The van der Waals surface area contributed by atoms with Gasteiger partial charge in [-0.15, -0.1) is 10.2 Å². The number of benzene rings is 1. The smallest absolute Gasteiger partial charge is 0.416 e. The molecule has 0 bridgehead atoms. The first-order chi connectivity index (χ1) is 14.6. The Kier molecular flexibility index (Phi) is 5.13. The fourth-order valence-corrected chi connectivity index (χ4v) is 3.25. The number of methoxy groups -OCH3 is 2. The molecular weight excluding hydrogens is 384 g/mol. The van der Waals surface area contributed by atoms with E-state index in [0.29, 0.717) is 22.5 Å². The molecule has 0 aliphatic carbocycles. The van der Waals surface area contributed by atoms with Crippen LogP contribution in [-0.4, -0.2) is 45.2 Å². The van der Waals surface area contributed by atoms with E-state index >= 15 is 0 Å². The summed E-state index contributed by atoms with van der Waals surface area (Å²) in [6, 6.07) is 12.7. The van der Waals surface area contributed by atoms with Crippen LogP contribution >= 0.6 is 0 Å². The molecule has 4 rings (SSSR count). The summed E-state index contributed by atoms with van der Waals surface area (Å²) in [6.45, 7) is 0. The quantitative estimate of drug-likeness (QED) is 0.497. The van der Waals surface area contributed by atoms with E-state index in [1.807, 2.05) is 12.1 Å². The van der Waals surface area contributed by atoms with Crippen molar-refractivity contribution in [2.75, 3.05) is 14.2 Å². The first-order valence-corrected chi connectivity index (χ1v) is 9.03. The Balaban J connectivity index is 1.95. The molecule has 0 saturated heterocycles. The number of fused-ring (bicyclic) bond motifs is 1. The van der Waals surface area contributed by atoms with Gasteiger partial charge in [-0.2, -0.15) is 0 Å². The molecule has 0 aliphatic heterocycles. The van der Waals surface area contributed by atoms with E-state index in [0.717, 1.165) is 16.5 Å². The SMILES string of the molecule is CO/C=C/c1ccc2cc(-c3cc(-c4ccncc4)nnc3OC)n(C(=O)O)c2c1. The molecule has 0 fully saturated rings. The van der Waals surface area contributed by atoms with Gasteiger partial charge in [-0.3, -0.25) is 4.98 Å². The van der Waals surface area contributed by atoms with Crippen LogP contribution in [0.1, 0.15) is 5.56 Å². The number of carboxylic acid groups (broad SMARTS) is 1. The molecule has 0 unspecified atom stereocenters. The molecule has 0 radical (unpaired) electrons. The van der Waals surface area contributed by atoms with Crippen LogP contribution in [0, 0.1) is 0 Å². The molecule has 150 valence electrons. The van der Waals surface area contributed by atoms with Crippen molar-refractivity contribution >= 4 is 23.1 Å². The Morgan fingerprint density at radius 2 is 1.87 bits per heavy atom. The van der Waals surface area contributed by atoms with Gasteiger partial charge in [0, 0.05) is 23.3 Å². The van der Waals surface area contributed by atoms with Gasteiger partial charge in [0.1, 0.15) is 0 Å². The number of pyridine rings is 1. The van der Waals surface area contributed by atoms with Crippen molar-refractivity contribution in [1.29, 1.82) is 0 Å². The highest BCUT2D eigenvalue weighted by molar-refractivity contribution is 5.97. The van der Waals surface area contributed by atoms with Gasteiger partial charge in [-0.1, -0.05) is 12.1 Å². The molecule has 30 heavy (non-hydrogen) atoms. The normalized spacial score (nSPS) is 11.1. The van der Waals surface area contributed by atoms with Crippen molar-refractivity contribution in [2.24, 2.45) is 0 Å². The summed E-state index contributed by atoms with van der Waals surface area (Å²) in [5, 5.41) is 19.1. The maximum absolute atomic E-state index is 12.2. The summed E-state index contributed by atoms with van der Waals surface area (Å²) in [6.07, 6.45) is 5.49. The van der Waals surface area contributed by atoms with Crippen molar-refractivity contribution in [3.8, 4) is 28.4 Å². The third-order valence-corrected chi connectivity index (χ3v) is 4.62. The van der Waals surface area contributed by atoms with Crippen molar-refractivity contribution in [3.05, 3.63) is 66.7 Å². The Bertz CT molecular complexity index is 1250. The minimum atomic E-state index is -1.11. The van der Waals surface area contributed by atoms with Crippen molar-refractivity contribution < 1.29 is 19.4 Å². The molecular formula is C22H18N4O4. The van der Waals surface area contributed by atoms with E-state index < -0.39 is 6.09 Å². The minimum Gasteiger partial charge on any atom is -0.504 e. The molecule has 0 amide bonds. The molecule has 0 aliphatic rings. The summed E-state index contributed by atoms with van der Waals surface area (Å²) in [4.78, 5) is 16.2. The summed E-state index contributed by atoms with van der Waals surface area (Å²) in [7, 11) is 3.03. The van der Waals surface area contributed by atoms with E-state index in [9.17, 15) is 9.90 Å². The first-order valence-electron chi connectivity index (χ1n) is 9.03. The molecule has 3 heterocycles. The van der Waals surface area contributed by atoms with E-state index in [1.54, 1.807) is 55.9 Å². The van der Waals surface area contributed by atoms with Crippen LogP contribution in [0.5, 0.6) is 5.88 Å². The molecule has 1 aromatic carbocycles. The predicted octanol–water partition coefficient (Wildman–Crippen LogP) is 4.31. The number of rotatable bonds is 5. The van der Waals surface area contributed by atoms with Gasteiger partial charge in [0.2, 0.25) is 5.88 Å². The van der Waals surface area contributed by atoms with E-state index in [-0.39, 0.29) is 5.88 Å². The lowest BCUT2D eigenvalue weighted by Gasteiger charge is -2.10. The summed E-state index contributed by atoms with van der Waals surface area (Å²) < 4.78 is 11.6. The second kappa shape index (κ2) is 8.04. The summed E-state index contributed by atoms with van der Waals surface area (Å²) in [5.41, 5.74) is 3.71. The number of aromatic nitrogens is 4. The molecule has 0 atom stereocenters. The third-order valence-electron chi connectivity index (χ3n) is 4.62. The van der Waals surface area contributed by atoms with Crippen molar-refractivity contribution in [3.63, 3.8) is 0 Å². The molecule has 3 aromatic heterocycles. The van der Waals surface area contributed by atoms with Gasteiger partial charge in [-0.05, 0) is 42.0 Å². The number of ether oxygens (including phenoxy) is 2. The fourth-order valence-electron chi connectivity index (χ4n) is 3.25. The molecule has 0 saturated carbocycles. The van der Waals surface area contributed by atoms with Gasteiger partial charge in [0.15, 0.2) is 0 Å². The number of hydrogen-bond donors (Lipinski definition) is 1. The zero-order valence-electron chi connectivity index (χ0n) is 16.3. The Morgan fingerprint density at radius 1 is 1.07 bits per heavy atom. The van der Waals surface area contributed by atoms with Crippen LogP contribution < -0.4 is 4.74 Å². The lowest BCUT2D eigenvalue weighted by atomic mass is 10.1. The van der Waals surface area contributed by atoms with Crippen LogP contribution in [0.4, 0.5) is 4.79 Å². The van der Waals surface area contributed by atoms with Gasteiger partial charge in [0.05, 0.1) is 42.9 Å². The van der Waals surface area contributed by atoms with E-state index in [2.05, 4.69) is 15.2 Å². The molecule has 4 aromatic rings. The molecule has 8 heteroatoms. The van der Waals surface area contributed by atoms with Crippen LogP contribution in [0.3, 0.4) is 0 Å². The fraction of sp³-hybridized carbons (Fsp3) is 0.0909. The van der Waals surface area contributed by atoms with Gasteiger partial charge < -0.3 is 14.6 Å². The highest BCUT2D eigenvalue weighted by Crippen LogP contribution is 2.35. The van der Waals surface area contributed by atoms with E-state index in [4.69, 9.17) is 9.47 Å². The van der Waals surface area contributed by atoms with Gasteiger partial charge in [-0.25, -0.2) is 9.36 Å². The van der Waals surface area contributed by atoms with E-state index in [1.165, 1.54) is 17.9 Å². The Hall–Kier alpha value is -4.20. The number of carbonyl (C=O) groups is 1. The lowest BCUT2D eigenvalue weighted by Crippen LogP contribution is -2.10. The maximum Gasteiger partial charge on any atom is 0.416 e. The number of nitrogens with zero attached hydrogens (tertiary/aromatic N) is 4.